The quantitative estimate of drug-likeness (QED) is 0.524. The number of nitrogens with zero attached hydrogens (tertiary/aromatic N) is 1. The number of nitrogens with one attached hydrogen (secondary N) is 3. The fraction of sp³-hybridized carbons (Fsp3) is 0. The predicted octanol–water partition coefficient (Wildman–Crippen LogP) is 0.475. The summed E-state index contributed by atoms with van der Waals surface area (Å²) in [5, 5.41) is 8.97. The first kappa shape index (κ1) is 9.97. The molecule has 82 valence electrons. The van der Waals surface area contributed by atoms with Crippen LogP contribution in [0.4, 0.5) is 4.79 Å². The van der Waals surface area contributed by atoms with Crippen LogP contribution in [0.2, 0.25) is 0 Å². The zero-order valence-electron chi connectivity index (χ0n) is 8.02. The topological polar surface area (TPSA) is 107 Å². The zero-order valence-corrected chi connectivity index (χ0v) is 8.02. The van der Waals surface area contributed by atoms with Gasteiger partial charge in [-0.3, -0.25) is 10.2 Å². The molecule has 2 heterocycles. The monoisotopic (exact) mass is 220 g/mol. The van der Waals surface area contributed by atoms with E-state index in [0.29, 0.717) is 16.6 Å². The Morgan fingerprint density at radius 3 is 2.88 bits per heavy atom. The molecule has 2 amide bonds. The van der Waals surface area contributed by atoms with Crippen LogP contribution in [0.15, 0.2) is 24.5 Å². The first-order chi connectivity index (χ1) is 7.68. The number of amides is 2. The number of hydrogen-bond acceptors (Lipinski definition) is 3. The molecule has 0 aromatic carbocycles. The van der Waals surface area contributed by atoms with Gasteiger partial charge in [-0.05, 0) is 12.1 Å². The fourth-order valence-electron chi connectivity index (χ4n) is 1.34. The van der Waals surface area contributed by atoms with Crippen molar-refractivity contribution in [2.75, 3.05) is 0 Å². The number of carbonyl (C=O) groups excluding carboxylic acids is 1. The second-order valence-electron chi connectivity index (χ2n) is 2.98. The summed E-state index contributed by atoms with van der Waals surface area (Å²) in [7, 11) is 0. The van der Waals surface area contributed by atoms with Crippen LogP contribution in [-0.4, -0.2) is 27.1 Å². The summed E-state index contributed by atoms with van der Waals surface area (Å²) in [6.45, 7) is 0. The maximum Gasteiger partial charge on any atom is 0.423 e. The predicted molar refractivity (Wildman–Crippen MR) is 54.7 cm³/mol. The van der Waals surface area contributed by atoms with Crippen molar-refractivity contribution in [3.8, 4) is 0 Å². The number of aromatic nitrogens is 2. The fourth-order valence-corrected chi connectivity index (χ4v) is 1.34. The molecule has 0 bridgehead atoms. The van der Waals surface area contributed by atoms with E-state index in [2.05, 4.69) is 15.4 Å². The molecule has 0 fully saturated rings. The summed E-state index contributed by atoms with van der Waals surface area (Å²) in [5.41, 5.74) is 4.76. The highest BCUT2D eigenvalue weighted by Crippen LogP contribution is 2.14. The largest absolute Gasteiger partial charge is 0.464 e. The summed E-state index contributed by atoms with van der Waals surface area (Å²) < 4.78 is 0. The maximum atomic E-state index is 11.6. The first-order valence-corrected chi connectivity index (χ1v) is 4.40. The van der Waals surface area contributed by atoms with Crippen LogP contribution < -0.4 is 10.9 Å². The highest BCUT2D eigenvalue weighted by atomic mass is 16.4. The van der Waals surface area contributed by atoms with Gasteiger partial charge in [0, 0.05) is 17.8 Å². The normalized spacial score (nSPS) is 10.0. The zero-order chi connectivity index (χ0) is 11.5. The second-order valence-corrected chi connectivity index (χ2v) is 2.98. The molecule has 2 aromatic rings. The number of hydrazine groups is 1. The van der Waals surface area contributed by atoms with Crippen molar-refractivity contribution < 1.29 is 14.7 Å². The number of carboxylic acid groups (broad SMARTS) is 1. The highest BCUT2D eigenvalue weighted by molar-refractivity contribution is 6.05. The number of fused-ring (bicyclic) bond motifs is 1. The number of aromatic amines is 1. The Kier molecular flexibility index (Phi) is 2.42. The molecule has 7 nitrogen and oxygen atoms in total. The van der Waals surface area contributed by atoms with Crippen molar-refractivity contribution in [1.82, 2.24) is 20.8 Å². The second kappa shape index (κ2) is 3.89. The Labute approximate surface area is 89.5 Å². The molecule has 0 unspecified atom stereocenters. The van der Waals surface area contributed by atoms with Gasteiger partial charge in [-0.15, -0.1) is 0 Å². The minimum absolute atomic E-state index is 0.347. The molecule has 7 heteroatoms. The molecule has 16 heavy (non-hydrogen) atoms. The van der Waals surface area contributed by atoms with E-state index in [9.17, 15) is 9.59 Å². The van der Waals surface area contributed by atoms with E-state index in [1.807, 2.05) is 0 Å². The lowest BCUT2D eigenvalue weighted by molar-refractivity contribution is 0.0928. The Bertz CT molecular complexity index is 548. The average Bonchev–Trinajstić information content (AvgIpc) is 2.73. The van der Waals surface area contributed by atoms with E-state index >= 15 is 0 Å². The number of carbonyl (C=O) groups is 2. The lowest BCUT2D eigenvalue weighted by Gasteiger charge is -2.04. The van der Waals surface area contributed by atoms with E-state index < -0.39 is 12.0 Å². The number of H-pyrrole nitrogens is 1. The maximum absolute atomic E-state index is 11.6. The molecule has 0 aliphatic carbocycles. The summed E-state index contributed by atoms with van der Waals surface area (Å²) in [6, 6.07) is 3.20. The third kappa shape index (κ3) is 1.78. The third-order valence-corrected chi connectivity index (χ3v) is 1.99. The SMILES string of the molecule is O=C(O)NNC(=O)c1ccnc2[nH]ccc12. The van der Waals surface area contributed by atoms with Gasteiger partial charge in [0.25, 0.3) is 5.91 Å². The Morgan fingerprint density at radius 2 is 2.12 bits per heavy atom. The molecule has 0 radical (unpaired) electrons. The van der Waals surface area contributed by atoms with Gasteiger partial charge >= 0.3 is 6.09 Å². The molecule has 4 N–H and O–H groups in total. The molecule has 2 rings (SSSR count). The summed E-state index contributed by atoms with van der Waals surface area (Å²) in [4.78, 5) is 28.6. The van der Waals surface area contributed by atoms with Gasteiger partial charge < -0.3 is 10.1 Å². The Hall–Kier alpha value is -2.57. The van der Waals surface area contributed by atoms with Crippen molar-refractivity contribution >= 4 is 23.0 Å². The van der Waals surface area contributed by atoms with Gasteiger partial charge in [-0.25, -0.2) is 15.2 Å². The van der Waals surface area contributed by atoms with Crippen LogP contribution in [0, 0.1) is 0 Å². The number of pyridine rings is 1. The van der Waals surface area contributed by atoms with E-state index in [4.69, 9.17) is 5.11 Å². The van der Waals surface area contributed by atoms with Gasteiger partial charge in [0.2, 0.25) is 0 Å². The van der Waals surface area contributed by atoms with Crippen molar-refractivity contribution in [1.29, 1.82) is 0 Å². The van der Waals surface area contributed by atoms with Gasteiger partial charge in [-0.2, -0.15) is 0 Å². The molecule has 0 aliphatic rings. The van der Waals surface area contributed by atoms with Crippen molar-refractivity contribution in [2.24, 2.45) is 0 Å². The van der Waals surface area contributed by atoms with Crippen LogP contribution >= 0.6 is 0 Å². The summed E-state index contributed by atoms with van der Waals surface area (Å²) >= 11 is 0. The van der Waals surface area contributed by atoms with Crippen molar-refractivity contribution in [3.05, 3.63) is 30.1 Å². The minimum atomic E-state index is -1.33. The summed E-state index contributed by atoms with van der Waals surface area (Å²) in [6.07, 6.45) is 1.79. The van der Waals surface area contributed by atoms with Crippen LogP contribution in [-0.2, 0) is 0 Å². The molecular weight excluding hydrogens is 212 g/mol. The first-order valence-electron chi connectivity index (χ1n) is 4.40. The number of hydrogen-bond donors (Lipinski definition) is 4. The molecule has 0 spiro atoms. The van der Waals surface area contributed by atoms with E-state index in [-0.39, 0.29) is 0 Å². The molecule has 0 saturated heterocycles. The summed E-state index contributed by atoms with van der Waals surface area (Å²) in [5.74, 6) is -0.533. The Balaban J connectivity index is 2.29. The van der Waals surface area contributed by atoms with Gasteiger partial charge in [0.15, 0.2) is 0 Å². The smallest absolute Gasteiger partial charge is 0.423 e. The van der Waals surface area contributed by atoms with E-state index in [1.165, 1.54) is 12.3 Å². The van der Waals surface area contributed by atoms with Gasteiger partial charge in [-0.1, -0.05) is 0 Å². The molecular formula is C9H8N4O3. The van der Waals surface area contributed by atoms with E-state index in [0.717, 1.165) is 0 Å². The standard InChI is InChI=1S/C9H8N4O3/c14-8(12-13-9(15)16)6-2-4-11-7-5(6)1-3-10-7/h1-4,13H,(H,10,11)(H,12,14)(H,15,16). The van der Waals surface area contributed by atoms with Gasteiger partial charge in [0.05, 0.1) is 5.56 Å². The van der Waals surface area contributed by atoms with Crippen LogP contribution in [0.25, 0.3) is 11.0 Å². The van der Waals surface area contributed by atoms with Gasteiger partial charge in [0.1, 0.15) is 5.65 Å². The van der Waals surface area contributed by atoms with Crippen LogP contribution in [0.5, 0.6) is 0 Å². The van der Waals surface area contributed by atoms with E-state index in [1.54, 1.807) is 17.7 Å². The third-order valence-electron chi connectivity index (χ3n) is 1.99. The lowest BCUT2D eigenvalue weighted by atomic mass is 10.2. The minimum Gasteiger partial charge on any atom is -0.464 e. The molecule has 0 aliphatic heterocycles. The molecule has 0 saturated carbocycles. The van der Waals surface area contributed by atoms with Crippen molar-refractivity contribution in [2.45, 2.75) is 0 Å². The average molecular weight is 220 g/mol. The molecule has 2 aromatic heterocycles. The Morgan fingerprint density at radius 1 is 1.31 bits per heavy atom. The van der Waals surface area contributed by atoms with Crippen LogP contribution in [0.3, 0.4) is 0 Å². The molecule has 0 atom stereocenters. The number of rotatable bonds is 1. The highest BCUT2D eigenvalue weighted by Gasteiger charge is 2.11. The van der Waals surface area contributed by atoms with Crippen LogP contribution in [0.1, 0.15) is 10.4 Å². The van der Waals surface area contributed by atoms with Crippen molar-refractivity contribution in [3.63, 3.8) is 0 Å². The lowest BCUT2D eigenvalue weighted by Crippen LogP contribution is -2.40.